The molecule has 78 heavy (non-hydrogen) atoms. The fourth-order valence-corrected chi connectivity index (χ4v) is 9.32. The highest BCUT2D eigenvalue weighted by Crippen LogP contribution is 2.22. The molecule has 436 valence electrons. The van der Waals surface area contributed by atoms with Crippen molar-refractivity contribution in [3.8, 4) is 0 Å². The van der Waals surface area contributed by atoms with Gasteiger partial charge in [-0.1, -0.05) is 41.5 Å². The number of carbonyl (C=O) groups is 11. The number of hydrogen-bond acceptors (Lipinski definition) is 14. The number of primary amides is 1. The summed E-state index contributed by atoms with van der Waals surface area (Å²) in [5.74, 6) is -10.1. The van der Waals surface area contributed by atoms with Gasteiger partial charge in [0, 0.05) is 50.8 Å². The van der Waals surface area contributed by atoms with Crippen molar-refractivity contribution in [3.63, 3.8) is 0 Å². The number of aromatic amines is 1. The minimum Gasteiger partial charge on any atom is -0.481 e. The van der Waals surface area contributed by atoms with Crippen LogP contribution in [-0.4, -0.2) is 175 Å². The fourth-order valence-electron chi connectivity index (χ4n) is 9.32. The van der Waals surface area contributed by atoms with E-state index in [1.165, 1.54) is 17.4 Å². The van der Waals surface area contributed by atoms with Crippen LogP contribution in [0.1, 0.15) is 131 Å². The van der Waals surface area contributed by atoms with E-state index in [0.717, 1.165) is 4.90 Å². The van der Waals surface area contributed by atoms with E-state index in [2.05, 4.69) is 46.9 Å². The van der Waals surface area contributed by atoms with E-state index in [4.69, 9.17) is 22.9 Å². The summed E-state index contributed by atoms with van der Waals surface area (Å²) in [6, 6.07) is -11.5. The average Bonchev–Trinajstić information content (AvgIpc) is 4.17. The molecule has 2 aliphatic heterocycles. The Morgan fingerprint density at radius 1 is 0.628 bits per heavy atom. The third kappa shape index (κ3) is 21.6. The standard InChI is InChI=1S/C50H83N15O13/c1-26(2)20-30(51)41(69)61-34(21-27(3)4)44(72)58-31(10-7-17-56-50(53)54)42(70)60-33(14-16-40(67)68)47(75)64-18-8-11-37(64)46(74)62-35(22-28(5)6)45(73)59-32(13-15-39(52)66)43(71)63-36(23-29-24-55-25-57-29)48(76)65-19-9-12-38(65)49(77)78/h24-28,30-38H,7-23,51H2,1-6H3,(H2,52,66)(H,55,57)(H,58,72)(H,59,73)(H,60,70)(H,61,69)(H,62,74)(H,63,71)(H,67,68)(H,77,78)(H4,53,54,56)/t30-,31-,32-,33-,34-,35-,36-,37-,38-/m0/s1. The van der Waals surface area contributed by atoms with Gasteiger partial charge in [-0.3, -0.25) is 52.9 Å². The van der Waals surface area contributed by atoms with Crippen molar-refractivity contribution >= 4 is 71.1 Å². The first-order valence-corrected chi connectivity index (χ1v) is 26.6. The quantitative estimate of drug-likeness (QED) is 0.0198. The largest absolute Gasteiger partial charge is 0.481 e. The highest BCUT2D eigenvalue weighted by molar-refractivity contribution is 5.98. The third-order valence-electron chi connectivity index (χ3n) is 13.1. The highest BCUT2D eigenvalue weighted by Gasteiger charge is 2.42. The van der Waals surface area contributed by atoms with E-state index in [0.29, 0.717) is 18.5 Å². The normalized spacial score (nSPS) is 17.9. The number of guanidine groups is 1. The number of nitrogens with zero attached hydrogens (tertiary/aromatic N) is 4. The molecular weight excluding hydrogens is 1020 g/mol. The van der Waals surface area contributed by atoms with E-state index in [1.807, 2.05) is 27.7 Å². The van der Waals surface area contributed by atoms with Gasteiger partial charge < -0.3 is 79.8 Å². The molecule has 9 amide bonds. The van der Waals surface area contributed by atoms with Crippen LogP contribution < -0.4 is 54.8 Å². The lowest BCUT2D eigenvalue weighted by Gasteiger charge is -2.31. The fraction of sp³-hybridized carbons (Fsp3) is 0.700. The Morgan fingerprint density at radius 2 is 1.10 bits per heavy atom. The summed E-state index contributed by atoms with van der Waals surface area (Å²) in [4.78, 5) is 161. The lowest BCUT2D eigenvalue weighted by Crippen LogP contribution is -2.60. The number of likely N-dealkylation sites (tertiary alicyclic amines) is 2. The molecule has 28 nitrogen and oxygen atoms in total. The van der Waals surface area contributed by atoms with Gasteiger partial charge in [0.2, 0.25) is 53.2 Å². The monoisotopic (exact) mass is 1100 g/mol. The Kier molecular flexibility index (Phi) is 26.4. The van der Waals surface area contributed by atoms with Gasteiger partial charge >= 0.3 is 11.9 Å². The Balaban J connectivity index is 1.89. The Hall–Kier alpha value is -7.39. The van der Waals surface area contributed by atoms with Crippen LogP contribution in [0.2, 0.25) is 0 Å². The van der Waals surface area contributed by atoms with Crippen molar-refractivity contribution in [1.29, 1.82) is 0 Å². The molecule has 3 heterocycles. The molecule has 0 aromatic carbocycles. The second kappa shape index (κ2) is 31.7. The van der Waals surface area contributed by atoms with Gasteiger partial charge in [-0.2, -0.15) is 0 Å². The van der Waals surface area contributed by atoms with Crippen LogP contribution in [-0.2, 0) is 59.2 Å². The first-order valence-electron chi connectivity index (χ1n) is 26.6. The molecule has 1 aromatic rings. The zero-order chi connectivity index (χ0) is 58.4. The molecule has 28 heteroatoms. The number of imidazole rings is 1. The molecule has 0 radical (unpaired) electrons. The average molecular weight is 1100 g/mol. The predicted molar refractivity (Wildman–Crippen MR) is 283 cm³/mol. The van der Waals surface area contributed by atoms with Crippen molar-refractivity contribution in [2.75, 3.05) is 19.6 Å². The summed E-state index contributed by atoms with van der Waals surface area (Å²) < 4.78 is 0. The molecule has 2 fully saturated rings. The zero-order valence-corrected chi connectivity index (χ0v) is 45.6. The van der Waals surface area contributed by atoms with Crippen molar-refractivity contribution in [2.45, 2.75) is 186 Å². The molecule has 0 unspecified atom stereocenters. The maximum absolute atomic E-state index is 14.5. The third-order valence-corrected chi connectivity index (χ3v) is 13.1. The summed E-state index contributed by atoms with van der Waals surface area (Å²) >= 11 is 0. The minimum absolute atomic E-state index is 0.00884. The van der Waals surface area contributed by atoms with Gasteiger partial charge in [-0.15, -0.1) is 0 Å². The van der Waals surface area contributed by atoms with Crippen LogP contribution >= 0.6 is 0 Å². The first-order chi connectivity index (χ1) is 36.7. The SMILES string of the molecule is CC(C)C[C@H](NC(=O)[C@@H](N)CC(C)C)C(=O)N[C@@H](CCCN=C(N)N)C(=O)N[C@@H](CCC(=O)O)C(=O)N1CCC[C@H]1C(=O)N[C@@H](CC(C)C)C(=O)N[C@@H](CCC(N)=O)C(=O)N[C@@H](Cc1cnc[nH]1)C(=O)N1CCC[C@H]1C(=O)O. The number of amides is 9. The van der Waals surface area contributed by atoms with Crippen molar-refractivity contribution in [1.82, 2.24) is 51.7 Å². The molecule has 17 N–H and O–H groups in total. The summed E-state index contributed by atoms with van der Waals surface area (Å²) in [7, 11) is 0. The van der Waals surface area contributed by atoms with Gasteiger partial charge in [0.05, 0.1) is 12.4 Å². The lowest BCUT2D eigenvalue weighted by molar-refractivity contribution is -0.149. The molecule has 0 aliphatic carbocycles. The van der Waals surface area contributed by atoms with Gasteiger partial charge in [0.1, 0.15) is 48.3 Å². The van der Waals surface area contributed by atoms with E-state index in [-0.39, 0.29) is 108 Å². The number of aromatic nitrogens is 2. The van der Waals surface area contributed by atoms with Gasteiger partial charge in [-0.25, -0.2) is 9.78 Å². The number of nitrogens with one attached hydrogen (secondary N) is 7. The molecule has 3 rings (SSSR count). The molecule has 0 spiro atoms. The summed E-state index contributed by atoms with van der Waals surface area (Å²) in [6.07, 6.45) is 2.48. The number of carbonyl (C=O) groups excluding carboxylic acids is 9. The number of hydrogen-bond donors (Lipinski definition) is 13. The number of carboxylic acid groups (broad SMARTS) is 2. The second-order valence-electron chi connectivity index (χ2n) is 21.2. The lowest BCUT2D eigenvalue weighted by atomic mass is 10.00. The minimum atomic E-state index is -1.54. The molecule has 2 aliphatic rings. The Morgan fingerprint density at radius 3 is 1.62 bits per heavy atom. The number of carboxylic acids is 2. The second-order valence-corrected chi connectivity index (χ2v) is 21.2. The smallest absolute Gasteiger partial charge is 0.326 e. The number of aliphatic carboxylic acids is 2. The molecule has 0 bridgehead atoms. The maximum Gasteiger partial charge on any atom is 0.326 e. The number of aliphatic imine (C=N–C) groups is 1. The van der Waals surface area contributed by atoms with E-state index in [1.54, 1.807) is 13.8 Å². The van der Waals surface area contributed by atoms with Crippen LogP contribution in [0, 0.1) is 17.8 Å². The summed E-state index contributed by atoms with van der Waals surface area (Å²) in [5.41, 5.74) is 23.0. The van der Waals surface area contributed by atoms with Crippen molar-refractivity contribution < 1.29 is 63.0 Å². The Labute approximate surface area is 453 Å². The summed E-state index contributed by atoms with van der Waals surface area (Å²) in [5, 5.41) is 35.4. The van der Waals surface area contributed by atoms with Gasteiger partial charge in [-0.05, 0) is 88.4 Å². The molecule has 1 aromatic heterocycles. The highest BCUT2D eigenvalue weighted by atomic mass is 16.4. The summed E-state index contributed by atoms with van der Waals surface area (Å²) in [6.45, 7) is 11.1. The maximum atomic E-state index is 14.5. The van der Waals surface area contributed by atoms with Crippen LogP contribution in [0.3, 0.4) is 0 Å². The van der Waals surface area contributed by atoms with Gasteiger partial charge in [0.25, 0.3) is 0 Å². The molecule has 9 atom stereocenters. The number of rotatable bonds is 33. The van der Waals surface area contributed by atoms with E-state index in [9.17, 15) is 63.0 Å². The number of H-pyrrole nitrogens is 1. The Bertz CT molecular complexity index is 2270. The molecular formula is C50H83N15O13. The van der Waals surface area contributed by atoms with Crippen LogP contribution in [0.15, 0.2) is 17.5 Å². The van der Waals surface area contributed by atoms with Gasteiger partial charge in [0.15, 0.2) is 5.96 Å². The van der Waals surface area contributed by atoms with E-state index < -0.39 is 132 Å². The van der Waals surface area contributed by atoms with Crippen LogP contribution in [0.4, 0.5) is 0 Å². The first kappa shape index (κ1) is 64.9. The predicted octanol–water partition coefficient (Wildman–Crippen LogP) is -2.42. The number of nitrogens with two attached hydrogens (primary N) is 4. The van der Waals surface area contributed by atoms with Crippen molar-refractivity contribution in [2.24, 2.45) is 45.7 Å². The van der Waals surface area contributed by atoms with E-state index >= 15 is 0 Å². The van der Waals surface area contributed by atoms with Crippen LogP contribution in [0.5, 0.6) is 0 Å². The molecule has 2 saturated heterocycles. The zero-order valence-electron chi connectivity index (χ0n) is 45.6. The van der Waals surface area contributed by atoms with Crippen molar-refractivity contribution in [3.05, 3.63) is 18.2 Å². The van der Waals surface area contributed by atoms with Crippen LogP contribution in [0.25, 0.3) is 0 Å². The topological polar surface area (TPSA) is 452 Å². The molecule has 0 saturated carbocycles.